The minimum atomic E-state index is 0.230. The van der Waals surface area contributed by atoms with E-state index in [4.69, 9.17) is 25.4 Å². The molecule has 0 saturated carbocycles. The molecule has 0 aliphatic heterocycles. The molecule has 0 aromatic carbocycles. The van der Waals surface area contributed by atoms with Crippen LogP contribution in [0.15, 0.2) is 0 Å². The van der Waals surface area contributed by atoms with E-state index >= 15 is 0 Å². The molecule has 108 valence electrons. The van der Waals surface area contributed by atoms with Crippen molar-refractivity contribution in [2.75, 3.05) is 60.3 Å². The first kappa shape index (κ1) is 17.3. The lowest BCUT2D eigenvalue weighted by atomic mass is 10.3. The van der Waals surface area contributed by atoms with Crippen molar-refractivity contribution in [3.63, 3.8) is 0 Å². The van der Waals surface area contributed by atoms with Gasteiger partial charge in [0.1, 0.15) is 0 Å². The van der Waals surface area contributed by atoms with Gasteiger partial charge in [0.2, 0.25) is 0 Å². The smallest absolute Gasteiger partial charge is 0.0918 e. The van der Waals surface area contributed by atoms with Crippen LogP contribution in [0, 0.1) is 5.41 Å². The summed E-state index contributed by atoms with van der Waals surface area (Å²) >= 11 is 0. The zero-order chi connectivity index (χ0) is 13.6. The number of nitrogens with zero attached hydrogens (tertiary/aromatic N) is 1. The van der Waals surface area contributed by atoms with Gasteiger partial charge in [0.05, 0.1) is 25.7 Å². The Morgan fingerprint density at radius 2 is 1.72 bits per heavy atom. The standard InChI is InChI=1S/C12H27N3O3/c1-16-9-7-15(6-4-12(13)14)5-3-8-18-11-10-17-2/h3-11H2,1-2H3,(H3,13,14). The molecule has 0 bridgehead atoms. The van der Waals surface area contributed by atoms with Crippen LogP contribution in [-0.4, -0.2) is 71.0 Å². The van der Waals surface area contributed by atoms with Crippen LogP contribution in [0.25, 0.3) is 0 Å². The van der Waals surface area contributed by atoms with E-state index in [1.165, 1.54) is 0 Å². The zero-order valence-electron chi connectivity index (χ0n) is 11.6. The molecular formula is C12H27N3O3. The number of methoxy groups -OCH3 is 2. The number of ether oxygens (including phenoxy) is 3. The molecule has 0 fully saturated rings. The fourth-order valence-electron chi connectivity index (χ4n) is 1.47. The molecule has 6 heteroatoms. The fraction of sp³-hybridized carbons (Fsp3) is 0.917. The summed E-state index contributed by atoms with van der Waals surface area (Å²) in [5.74, 6) is 0.230. The second-order valence-corrected chi connectivity index (χ2v) is 4.07. The summed E-state index contributed by atoms with van der Waals surface area (Å²) in [6.07, 6.45) is 1.57. The lowest BCUT2D eigenvalue weighted by Crippen LogP contribution is -2.32. The van der Waals surface area contributed by atoms with E-state index in [2.05, 4.69) is 4.90 Å². The van der Waals surface area contributed by atoms with Crippen LogP contribution in [0.2, 0.25) is 0 Å². The van der Waals surface area contributed by atoms with Gasteiger partial charge >= 0.3 is 0 Å². The van der Waals surface area contributed by atoms with Gasteiger partial charge in [-0.25, -0.2) is 0 Å². The molecule has 0 rings (SSSR count). The summed E-state index contributed by atoms with van der Waals surface area (Å²) in [5.41, 5.74) is 5.37. The third kappa shape index (κ3) is 11.8. The Balaban J connectivity index is 3.61. The van der Waals surface area contributed by atoms with E-state index < -0.39 is 0 Å². The molecule has 6 nitrogen and oxygen atoms in total. The molecule has 0 aromatic rings. The molecule has 0 spiro atoms. The van der Waals surface area contributed by atoms with Gasteiger partial charge in [0.15, 0.2) is 0 Å². The van der Waals surface area contributed by atoms with Crippen molar-refractivity contribution in [1.29, 1.82) is 5.41 Å². The molecule has 0 saturated heterocycles. The Hall–Kier alpha value is -0.690. The number of hydrogen-bond donors (Lipinski definition) is 2. The topological polar surface area (TPSA) is 80.8 Å². The average molecular weight is 261 g/mol. The van der Waals surface area contributed by atoms with E-state index in [0.29, 0.717) is 26.2 Å². The molecule has 0 unspecified atom stereocenters. The molecular weight excluding hydrogens is 234 g/mol. The lowest BCUT2D eigenvalue weighted by molar-refractivity contribution is 0.0635. The minimum Gasteiger partial charge on any atom is -0.388 e. The van der Waals surface area contributed by atoms with E-state index in [1.54, 1.807) is 14.2 Å². The molecule has 18 heavy (non-hydrogen) atoms. The maximum Gasteiger partial charge on any atom is 0.0918 e. The Kier molecular flexibility index (Phi) is 12.3. The molecule has 0 amide bonds. The van der Waals surface area contributed by atoms with Crippen molar-refractivity contribution in [3.05, 3.63) is 0 Å². The molecule has 0 aromatic heterocycles. The molecule has 0 atom stereocenters. The monoisotopic (exact) mass is 261 g/mol. The van der Waals surface area contributed by atoms with Crippen molar-refractivity contribution in [2.45, 2.75) is 12.8 Å². The Bertz CT molecular complexity index is 203. The van der Waals surface area contributed by atoms with Crippen molar-refractivity contribution >= 4 is 5.84 Å². The maximum absolute atomic E-state index is 7.24. The van der Waals surface area contributed by atoms with Gasteiger partial charge in [0, 0.05) is 46.9 Å². The summed E-state index contributed by atoms with van der Waals surface area (Å²) in [6, 6.07) is 0. The molecule has 0 aliphatic rings. The predicted molar refractivity (Wildman–Crippen MR) is 72.2 cm³/mol. The van der Waals surface area contributed by atoms with E-state index in [1.807, 2.05) is 0 Å². The molecule has 0 heterocycles. The fourth-order valence-corrected chi connectivity index (χ4v) is 1.47. The molecule has 0 radical (unpaired) electrons. The number of nitrogens with one attached hydrogen (secondary N) is 1. The zero-order valence-corrected chi connectivity index (χ0v) is 11.6. The minimum absolute atomic E-state index is 0.230. The summed E-state index contributed by atoms with van der Waals surface area (Å²) in [4.78, 5) is 2.24. The third-order valence-electron chi connectivity index (χ3n) is 2.50. The summed E-state index contributed by atoms with van der Waals surface area (Å²) in [7, 11) is 3.36. The summed E-state index contributed by atoms with van der Waals surface area (Å²) in [6.45, 7) is 5.30. The van der Waals surface area contributed by atoms with Gasteiger partial charge < -0.3 is 24.8 Å². The summed E-state index contributed by atoms with van der Waals surface area (Å²) in [5, 5.41) is 7.24. The van der Waals surface area contributed by atoms with Crippen molar-refractivity contribution < 1.29 is 14.2 Å². The van der Waals surface area contributed by atoms with Gasteiger partial charge in [-0.2, -0.15) is 0 Å². The quantitative estimate of drug-likeness (QED) is 0.283. The van der Waals surface area contributed by atoms with Crippen LogP contribution in [-0.2, 0) is 14.2 Å². The van der Waals surface area contributed by atoms with Crippen LogP contribution in [0.3, 0.4) is 0 Å². The van der Waals surface area contributed by atoms with Gasteiger partial charge in [-0.05, 0) is 6.42 Å². The summed E-state index contributed by atoms with van der Waals surface area (Å²) < 4.78 is 15.4. The first-order valence-electron chi connectivity index (χ1n) is 6.31. The highest BCUT2D eigenvalue weighted by Gasteiger charge is 2.05. The average Bonchev–Trinajstić information content (AvgIpc) is 2.35. The number of nitrogens with two attached hydrogens (primary N) is 1. The first-order chi connectivity index (χ1) is 8.70. The highest BCUT2D eigenvalue weighted by molar-refractivity contribution is 5.76. The van der Waals surface area contributed by atoms with E-state index in [9.17, 15) is 0 Å². The maximum atomic E-state index is 7.24. The van der Waals surface area contributed by atoms with Crippen LogP contribution in [0.4, 0.5) is 0 Å². The Labute approximate surface area is 110 Å². The second kappa shape index (κ2) is 12.8. The van der Waals surface area contributed by atoms with Gasteiger partial charge in [0.25, 0.3) is 0 Å². The first-order valence-corrected chi connectivity index (χ1v) is 6.31. The number of rotatable bonds is 13. The highest BCUT2D eigenvalue weighted by atomic mass is 16.5. The van der Waals surface area contributed by atoms with E-state index in [0.717, 1.165) is 32.7 Å². The van der Waals surface area contributed by atoms with Crippen molar-refractivity contribution in [2.24, 2.45) is 5.73 Å². The Morgan fingerprint density at radius 1 is 1.00 bits per heavy atom. The van der Waals surface area contributed by atoms with Gasteiger partial charge in [-0.1, -0.05) is 0 Å². The Morgan fingerprint density at radius 3 is 2.33 bits per heavy atom. The molecule has 3 N–H and O–H groups in total. The van der Waals surface area contributed by atoms with Crippen molar-refractivity contribution in [3.8, 4) is 0 Å². The number of hydrogen-bond acceptors (Lipinski definition) is 5. The van der Waals surface area contributed by atoms with Crippen LogP contribution in [0.5, 0.6) is 0 Å². The van der Waals surface area contributed by atoms with E-state index in [-0.39, 0.29) is 5.84 Å². The van der Waals surface area contributed by atoms with Crippen LogP contribution in [0.1, 0.15) is 12.8 Å². The van der Waals surface area contributed by atoms with Crippen LogP contribution < -0.4 is 5.73 Å². The largest absolute Gasteiger partial charge is 0.388 e. The highest BCUT2D eigenvalue weighted by Crippen LogP contribution is 1.95. The predicted octanol–water partition coefficient (Wildman–Crippen LogP) is 0.314. The molecule has 0 aliphatic carbocycles. The third-order valence-corrected chi connectivity index (χ3v) is 2.50. The SMILES string of the molecule is COCCOCCCN(CCOC)CCC(=N)N. The van der Waals surface area contributed by atoms with Gasteiger partial charge in [-0.15, -0.1) is 0 Å². The van der Waals surface area contributed by atoms with Crippen LogP contribution >= 0.6 is 0 Å². The lowest BCUT2D eigenvalue weighted by Gasteiger charge is -2.21. The number of amidine groups is 1. The second-order valence-electron chi connectivity index (χ2n) is 4.07. The van der Waals surface area contributed by atoms with Gasteiger partial charge in [-0.3, -0.25) is 5.41 Å². The van der Waals surface area contributed by atoms with Crippen molar-refractivity contribution in [1.82, 2.24) is 4.90 Å². The normalized spacial score (nSPS) is 11.1.